The predicted molar refractivity (Wildman–Crippen MR) is 107 cm³/mol. The van der Waals surface area contributed by atoms with Crippen molar-refractivity contribution >= 4 is 17.5 Å². The number of rotatable bonds is 4. The largest absolute Gasteiger partial charge is 0.482 e. The van der Waals surface area contributed by atoms with Crippen LogP contribution in [0.4, 0.5) is 5.69 Å². The van der Waals surface area contributed by atoms with Crippen molar-refractivity contribution in [3.63, 3.8) is 0 Å². The number of hydrogen-bond acceptors (Lipinski definition) is 3. The number of amides is 2. The van der Waals surface area contributed by atoms with E-state index in [1.54, 1.807) is 4.90 Å². The van der Waals surface area contributed by atoms with Crippen molar-refractivity contribution in [1.82, 2.24) is 5.32 Å². The van der Waals surface area contributed by atoms with Crippen molar-refractivity contribution in [2.75, 3.05) is 11.5 Å². The van der Waals surface area contributed by atoms with E-state index < -0.39 is 6.04 Å². The fourth-order valence-corrected chi connectivity index (χ4v) is 4.01. The molecule has 2 amide bonds. The maximum atomic E-state index is 13.0. The van der Waals surface area contributed by atoms with Crippen LogP contribution in [-0.2, 0) is 15.0 Å². The Morgan fingerprint density at radius 2 is 1.96 bits per heavy atom. The lowest BCUT2D eigenvalue weighted by atomic mass is 9.86. The first-order chi connectivity index (χ1) is 12.8. The summed E-state index contributed by atoms with van der Waals surface area (Å²) in [5.41, 5.74) is 1.78. The van der Waals surface area contributed by atoms with E-state index in [0.717, 1.165) is 31.2 Å². The quantitative estimate of drug-likeness (QED) is 0.871. The van der Waals surface area contributed by atoms with Crippen LogP contribution in [0.15, 0.2) is 18.2 Å². The van der Waals surface area contributed by atoms with Crippen molar-refractivity contribution in [3.05, 3.63) is 23.8 Å². The molecule has 1 unspecified atom stereocenters. The Labute approximate surface area is 162 Å². The summed E-state index contributed by atoms with van der Waals surface area (Å²) in [4.78, 5) is 27.4. The van der Waals surface area contributed by atoms with Crippen LogP contribution in [0.1, 0.15) is 71.8 Å². The number of ether oxygens (including phenoxy) is 1. The summed E-state index contributed by atoms with van der Waals surface area (Å²) < 4.78 is 5.64. The molecular formula is C22H32N2O3. The van der Waals surface area contributed by atoms with Gasteiger partial charge in [0, 0.05) is 6.04 Å². The molecule has 5 heteroatoms. The summed E-state index contributed by atoms with van der Waals surface area (Å²) in [6.07, 6.45) is 6.21. The Hall–Kier alpha value is -2.04. The normalized spacial score (nSPS) is 19.3. The van der Waals surface area contributed by atoms with Gasteiger partial charge in [-0.15, -0.1) is 0 Å². The number of nitrogens with one attached hydrogen (secondary N) is 1. The van der Waals surface area contributed by atoms with Crippen LogP contribution in [-0.4, -0.2) is 30.5 Å². The molecule has 0 saturated heterocycles. The maximum Gasteiger partial charge on any atom is 0.265 e. The van der Waals surface area contributed by atoms with Crippen LogP contribution in [0.2, 0.25) is 0 Å². The molecule has 3 rings (SSSR count). The number of fused-ring (bicyclic) bond motifs is 1. The van der Waals surface area contributed by atoms with Gasteiger partial charge in [0.15, 0.2) is 6.61 Å². The molecule has 0 spiro atoms. The summed E-state index contributed by atoms with van der Waals surface area (Å²) in [6, 6.07) is 5.69. The monoisotopic (exact) mass is 372 g/mol. The van der Waals surface area contributed by atoms with E-state index in [1.165, 1.54) is 6.42 Å². The molecule has 148 valence electrons. The maximum absolute atomic E-state index is 13.0. The Kier molecular flexibility index (Phi) is 5.78. The third kappa shape index (κ3) is 4.28. The van der Waals surface area contributed by atoms with Crippen molar-refractivity contribution < 1.29 is 14.3 Å². The third-order valence-corrected chi connectivity index (χ3v) is 5.66. The average Bonchev–Trinajstić information content (AvgIpc) is 2.63. The zero-order valence-corrected chi connectivity index (χ0v) is 17.0. The summed E-state index contributed by atoms with van der Waals surface area (Å²) in [5.74, 6) is 0.470. The highest BCUT2D eigenvalue weighted by Gasteiger charge is 2.36. The Morgan fingerprint density at radius 3 is 2.59 bits per heavy atom. The lowest BCUT2D eigenvalue weighted by Gasteiger charge is -2.36. The predicted octanol–water partition coefficient (Wildman–Crippen LogP) is 3.94. The van der Waals surface area contributed by atoms with Crippen LogP contribution >= 0.6 is 0 Å². The zero-order chi connectivity index (χ0) is 19.6. The Bertz CT molecular complexity index is 702. The van der Waals surface area contributed by atoms with Gasteiger partial charge in [0.25, 0.3) is 5.91 Å². The van der Waals surface area contributed by atoms with E-state index in [-0.39, 0.29) is 29.9 Å². The summed E-state index contributed by atoms with van der Waals surface area (Å²) >= 11 is 0. The van der Waals surface area contributed by atoms with Crippen LogP contribution in [0, 0.1) is 0 Å². The number of carbonyl (C=O) groups is 2. The van der Waals surface area contributed by atoms with Crippen LogP contribution in [0.5, 0.6) is 5.75 Å². The molecule has 1 N–H and O–H groups in total. The van der Waals surface area contributed by atoms with Crippen molar-refractivity contribution in [2.45, 2.75) is 83.7 Å². The first-order valence-electron chi connectivity index (χ1n) is 10.2. The van der Waals surface area contributed by atoms with E-state index in [4.69, 9.17) is 4.74 Å². The molecule has 1 fully saturated rings. The highest BCUT2D eigenvalue weighted by molar-refractivity contribution is 6.04. The Balaban J connectivity index is 1.89. The second-order valence-electron chi connectivity index (χ2n) is 8.75. The molecule has 1 saturated carbocycles. The minimum Gasteiger partial charge on any atom is -0.482 e. The number of carbonyl (C=O) groups excluding carboxylic acids is 2. The molecule has 1 heterocycles. The molecule has 1 aromatic rings. The molecule has 27 heavy (non-hydrogen) atoms. The number of anilines is 1. The van der Waals surface area contributed by atoms with E-state index in [0.29, 0.717) is 17.9 Å². The molecular weight excluding hydrogens is 340 g/mol. The van der Waals surface area contributed by atoms with Gasteiger partial charge in [0.1, 0.15) is 11.8 Å². The van der Waals surface area contributed by atoms with Gasteiger partial charge in [-0.3, -0.25) is 14.5 Å². The second-order valence-corrected chi connectivity index (χ2v) is 8.75. The van der Waals surface area contributed by atoms with E-state index >= 15 is 0 Å². The molecule has 0 bridgehead atoms. The van der Waals surface area contributed by atoms with Gasteiger partial charge in [-0.2, -0.15) is 0 Å². The van der Waals surface area contributed by atoms with Crippen molar-refractivity contribution in [3.8, 4) is 5.75 Å². The minimum atomic E-state index is -0.503. The van der Waals surface area contributed by atoms with E-state index in [9.17, 15) is 9.59 Å². The molecule has 0 radical (unpaired) electrons. The van der Waals surface area contributed by atoms with Gasteiger partial charge < -0.3 is 10.1 Å². The van der Waals surface area contributed by atoms with Gasteiger partial charge in [0.2, 0.25) is 5.91 Å². The van der Waals surface area contributed by atoms with Gasteiger partial charge in [0.05, 0.1) is 5.69 Å². The number of hydrogen-bond donors (Lipinski definition) is 1. The Morgan fingerprint density at radius 1 is 1.26 bits per heavy atom. The molecule has 1 aliphatic carbocycles. The molecule has 2 aliphatic rings. The molecule has 1 aromatic carbocycles. The van der Waals surface area contributed by atoms with Crippen molar-refractivity contribution in [1.29, 1.82) is 0 Å². The SMILES string of the molecule is CCC(C(=O)NC1CCCCC1)N1C(=O)COc2ccc(C(C)(C)C)cc21. The zero-order valence-electron chi connectivity index (χ0n) is 17.0. The molecule has 0 aromatic heterocycles. The molecule has 5 nitrogen and oxygen atoms in total. The van der Waals surface area contributed by atoms with Gasteiger partial charge in [-0.05, 0) is 42.4 Å². The van der Waals surface area contributed by atoms with Crippen LogP contribution < -0.4 is 15.0 Å². The van der Waals surface area contributed by atoms with Crippen LogP contribution in [0.3, 0.4) is 0 Å². The minimum absolute atomic E-state index is 0.0188. The summed E-state index contributed by atoms with van der Waals surface area (Å²) in [5, 5.41) is 3.19. The summed E-state index contributed by atoms with van der Waals surface area (Å²) in [6.45, 7) is 8.35. The van der Waals surface area contributed by atoms with E-state index in [1.807, 2.05) is 25.1 Å². The lowest BCUT2D eigenvalue weighted by molar-refractivity contribution is -0.128. The fraction of sp³-hybridized carbons (Fsp3) is 0.636. The summed E-state index contributed by atoms with van der Waals surface area (Å²) in [7, 11) is 0. The highest BCUT2D eigenvalue weighted by atomic mass is 16.5. The molecule has 1 atom stereocenters. The fourth-order valence-electron chi connectivity index (χ4n) is 4.01. The number of nitrogens with zero attached hydrogens (tertiary/aromatic N) is 1. The third-order valence-electron chi connectivity index (χ3n) is 5.66. The topological polar surface area (TPSA) is 58.6 Å². The smallest absolute Gasteiger partial charge is 0.265 e. The number of benzene rings is 1. The van der Waals surface area contributed by atoms with Crippen LogP contribution in [0.25, 0.3) is 0 Å². The van der Waals surface area contributed by atoms with Gasteiger partial charge in [-0.1, -0.05) is 53.0 Å². The van der Waals surface area contributed by atoms with Gasteiger partial charge in [-0.25, -0.2) is 0 Å². The van der Waals surface area contributed by atoms with Crippen molar-refractivity contribution in [2.24, 2.45) is 0 Å². The second kappa shape index (κ2) is 7.91. The first kappa shape index (κ1) is 19.7. The highest BCUT2D eigenvalue weighted by Crippen LogP contribution is 2.38. The molecule has 1 aliphatic heterocycles. The standard InChI is InChI=1S/C22H32N2O3/c1-5-17(21(26)23-16-9-7-6-8-10-16)24-18-13-15(22(2,3)4)11-12-19(18)27-14-20(24)25/h11-13,16-17H,5-10,14H2,1-4H3,(H,23,26). The first-order valence-corrected chi connectivity index (χ1v) is 10.2. The van der Waals surface area contributed by atoms with E-state index in [2.05, 4.69) is 26.1 Å². The average molecular weight is 373 g/mol. The lowest BCUT2D eigenvalue weighted by Crippen LogP contribution is -2.54. The van der Waals surface area contributed by atoms with Gasteiger partial charge >= 0.3 is 0 Å².